The number of fused-ring (bicyclic) bond motifs is 1. The van der Waals surface area contributed by atoms with E-state index in [0.717, 1.165) is 22.4 Å². The lowest BCUT2D eigenvalue weighted by Crippen LogP contribution is -2.25. The number of methoxy groups -OCH3 is 1. The van der Waals surface area contributed by atoms with Gasteiger partial charge in [-0.15, -0.1) is 6.58 Å². The standard InChI is InChI=1S/C26H29N3O3/c1-4-8-19-11-12-23(24(16-19)31-3)32-15-14-29-22-10-7-6-9-21(22)27-26(29)20-17-25(30)28(18-20)13-5-2/h4-12,16,20H,2,13-15,17-18H2,1,3H3/b8-4+/t20-/m0/s1. The first-order valence-corrected chi connectivity index (χ1v) is 10.9. The summed E-state index contributed by atoms with van der Waals surface area (Å²) in [4.78, 5) is 19.1. The topological polar surface area (TPSA) is 56.6 Å². The van der Waals surface area contributed by atoms with Gasteiger partial charge in [0, 0.05) is 25.4 Å². The molecule has 1 aliphatic rings. The van der Waals surface area contributed by atoms with Gasteiger partial charge < -0.3 is 18.9 Å². The summed E-state index contributed by atoms with van der Waals surface area (Å²) in [5.41, 5.74) is 3.05. The van der Waals surface area contributed by atoms with Crippen molar-refractivity contribution >= 4 is 23.0 Å². The molecule has 3 aromatic rings. The van der Waals surface area contributed by atoms with Gasteiger partial charge in [0.1, 0.15) is 12.4 Å². The van der Waals surface area contributed by atoms with Gasteiger partial charge in [-0.3, -0.25) is 4.79 Å². The number of likely N-dealkylation sites (tertiary alicyclic amines) is 1. The van der Waals surface area contributed by atoms with E-state index >= 15 is 0 Å². The molecule has 0 spiro atoms. The number of nitrogens with zero attached hydrogens (tertiary/aromatic N) is 3. The van der Waals surface area contributed by atoms with Gasteiger partial charge in [-0.05, 0) is 36.8 Å². The van der Waals surface area contributed by atoms with Crippen LogP contribution in [0.1, 0.15) is 30.7 Å². The maximum atomic E-state index is 12.4. The lowest BCUT2D eigenvalue weighted by Gasteiger charge is -2.16. The summed E-state index contributed by atoms with van der Waals surface area (Å²) < 4.78 is 13.8. The Hall–Kier alpha value is -3.54. The largest absolute Gasteiger partial charge is 0.493 e. The molecule has 1 aromatic heterocycles. The molecule has 1 fully saturated rings. The van der Waals surface area contributed by atoms with Crippen molar-refractivity contribution in [3.8, 4) is 11.5 Å². The summed E-state index contributed by atoms with van der Waals surface area (Å²) in [6.45, 7) is 8.07. The predicted octanol–water partition coefficient (Wildman–Crippen LogP) is 4.66. The number of rotatable bonds is 9. The highest BCUT2D eigenvalue weighted by atomic mass is 16.5. The van der Waals surface area contributed by atoms with Crippen LogP contribution < -0.4 is 9.47 Å². The molecule has 6 nitrogen and oxygen atoms in total. The van der Waals surface area contributed by atoms with Crippen LogP contribution in [-0.4, -0.2) is 47.2 Å². The third kappa shape index (κ3) is 4.40. The molecule has 2 heterocycles. The maximum Gasteiger partial charge on any atom is 0.223 e. The Morgan fingerprint density at radius 3 is 2.84 bits per heavy atom. The molecule has 0 N–H and O–H groups in total. The molecule has 2 aromatic carbocycles. The van der Waals surface area contributed by atoms with E-state index in [9.17, 15) is 4.79 Å². The van der Waals surface area contributed by atoms with Gasteiger partial charge in [0.25, 0.3) is 0 Å². The Kier molecular flexibility index (Phi) is 6.59. The number of amides is 1. The van der Waals surface area contributed by atoms with E-state index < -0.39 is 0 Å². The SMILES string of the molecule is C=CCN1C[C@@H](c2nc3ccccc3n2CCOc2ccc(/C=C/C)cc2OC)CC1=O. The van der Waals surface area contributed by atoms with E-state index in [1.165, 1.54) is 0 Å². The van der Waals surface area contributed by atoms with E-state index in [-0.39, 0.29) is 11.8 Å². The van der Waals surface area contributed by atoms with Crippen molar-refractivity contribution in [3.63, 3.8) is 0 Å². The van der Waals surface area contributed by atoms with Crippen molar-refractivity contribution in [1.82, 2.24) is 14.5 Å². The number of hydrogen-bond donors (Lipinski definition) is 0. The first-order valence-electron chi connectivity index (χ1n) is 10.9. The molecule has 0 aliphatic carbocycles. The molecule has 166 valence electrons. The lowest BCUT2D eigenvalue weighted by atomic mass is 10.1. The summed E-state index contributed by atoms with van der Waals surface area (Å²) in [6.07, 6.45) is 6.25. The number of carbonyl (C=O) groups is 1. The Morgan fingerprint density at radius 1 is 1.22 bits per heavy atom. The summed E-state index contributed by atoms with van der Waals surface area (Å²) in [5, 5.41) is 0. The van der Waals surface area contributed by atoms with Crippen LogP contribution >= 0.6 is 0 Å². The van der Waals surface area contributed by atoms with E-state index in [2.05, 4.69) is 17.2 Å². The molecule has 6 heteroatoms. The molecular formula is C26H29N3O3. The molecule has 1 atom stereocenters. The third-order valence-corrected chi connectivity index (χ3v) is 5.73. The highest BCUT2D eigenvalue weighted by Gasteiger charge is 2.33. The first-order chi connectivity index (χ1) is 15.6. The van der Waals surface area contributed by atoms with Gasteiger partial charge in [0.15, 0.2) is 11.5 Å². The quantitative estimate of drug-likeness (QED) is 0.463. The second-order valence-corrected chi connectivity index (χ2v) is 7.86. The van der Waals surface area contributed by atoms with Crippen LogP contribution in [0.3, 0.4) is 0 Å². The minimum absolute atomic E-state index is 0.0597. The Balaban J connectivity index is 1.55. The molecule has 32 heavy (non-hydrogen) atoms. The molecule has 0 unspecified atom stereocenters. The average Bonchev–Trinajstić information content (AvgIpc) is 3.35. The highest BCUT2D eigenvalue weighted by molar-refractivity contribution is 5.81. The van der Waals surface area contributed by atoms with Gasteiger partial charge in [0.05, 0.1) is 24.7 Å². The summed E-state index contributed by atoms with van der Waals surface area (Å²) >= 11 is 0. The molecule has 0 saturated carbocycles. The van der Waals surface area contributed by atoms with Crippen LogP contribution in [0.4, 0.5) is 0 Å². The van der Waals surface area contributed by atoms with Crippen molar-refractivity contribution in [1.29, 1.82) is 0 Å². The summed E-state index contributed by atoms with van der Waals surface area (Å²) in [7, 11) is 1.65. The molecular weight excluding hydrogens is 402 g/mol. The maximum absolute atomic E-state index is 12.4. The Bertz CT molecular complexity index is 1150. The number of ether oxygens (including phenoxy) is 2. The van der Waals surface area contributed by atoms with Crippen LogP contribution in [0, 0.1) is 0 Å². The summed E-state index contributed by atoms with van der Waals surface area (Å²) in [5.74, 6) is 2.56. The van der Waals surface area contributed by atoms with Gasteiger partial charge >= 0.3 is 0 Å². The van der Waals surface area contributed by atoms with E-state index in [1.54, 1.807) is 13.2 Å². The van der Waals surface area contributed by atoms with Crippen molar-refractivity contribution in [2.45, 2.75) is 25.8 Å². The zero-order chi connectivity index (χ0) is 22.5. The van der Waals surface area contributed by atoms with Gasteiger partial charge in [-0.25, -0.2) is 4.98 Å². The molecule has 0 bridgehead atoms. The van der Waals surface area contributed by atoms with Crippen LogP contribution in [-0.2, 0) is 11.3 Å². The fourth-order valence-corrected chi connectivity index (χ4v) is 4.26. The number of para-hydroxylation sites is 2. The monoisotopic (exact) mass is 431 g/mol. The van der Waals surface area contributed by atoms with Gasteiger partial charge in [-0.2, -0.15) is 0 Å². The van der Waals surface area contributed by atoms with E-state index in [0.29, 0.717) is 44.2 Å². The number of benzene rings is 2. The molecule has 1 aliphatic heterocycles. The number of allylic oxidation sites excluding steroid dienone is 1. The number of hydrogen-bond acceptors (Lipinski definition) is 4. The summed E-state index contributed by atoms with van der Waals surface area (Å²) in [6, 6.07) is 14.0. The van der Waals surface area contributed by atoms with E-state index in [1.807, 2.05) is 60.4 Å². The lowest BCUT2D eigenvalue weighted by molar-refractivity contribution is -0.127. The zero-order valence-corrected chi connectivity index (χ0v) is 18.7. The Morgan fingerprint density at radius 2 is 2.06 bits per heavy atom. The van der Waals surface area contributed by atoms with Crippen molar-refractivity contribution in [3.05, 3.63) is 72.6 Å². The number of aromatic nitrogens is 2. The Labute approximate surface area is 188 Å². The predicted molar refractivity (Wildman–Crippen MR) is 127 cm³/mol. The smallest absolute Gasteiger partial charge is 0.223 e. The number of carbonyl (C=O) groups excluding carboxylic acids is 1. The highest BCUT2D eigenvalue weighted by Crippen LogP contribution is 2.31. The number of imidazole rings is 1. The molecule has 0 radical (unpaired) electrons. The fourth-order valence-electron chi connectivity index (χ4n) is 4.26. The van der Waals surface area contributed by atoms with Crippen molar-refractivity contribution in [2.75, 3.05) is 26.8 Å². The van der Waals surface area contributed by atoms with Crippen LogP contribution in [0.2, 0.25) is 0 Å². The third-order valence-electron chi connectivity index (χ3n) is 5.73. The molecule has 4 rings (SSSR count). The second kappa shape index (κ2) is 9.73. The van der Waals surface area contributed by atoms with Crippen LogP contribution in [0.5, 0.6) is 11.5 Å². The van der Waals surface area contributed by atoms with Crippen LogP contribution in [0.15, 0.2) is 61.2 Å². The first kappa shape index (κ1) is 21.7. The van der Waals surface area contributed by atoms with Crippen LogP contribution in [0.25, 0.3) is 17.1 Å². The normalized spacial score (nSPS) is 16.2. The van der Waals surface area contributed by atoms with Gasteiger partial charge in [0.2, 0.25) is 5.91 Å². The second-order valence-electron chi connectivity index (χ2n) is 7.86. The van der Waals surface area contributed by atoms with E-state index in [4.69, 9.17) is 14.5 Å². The molecule has 1 amide bonds. The van der Waals surface area contributed by atoms with Crippen molar-refractivity contribution in [2.24, 2.45) is 0 Å². The molecule has 1 saturated heterocycles. The minimum Gasteiger partial charge on any atom is -0.493 e. The fraction of sp³-hybridized carbons (Fsp3) is 0.308. The zero-order valence-electron chi connectivity index (χ0n) is 18.7. The van der Waals surface area contributed by atoms with Gasteiger partial charge in [-0.1, -0.05) is 36.4 Å². The minimum atomic E-state index is 0.0597. The average molecular weight is 432 g/mol. The van der Waals surface area contributed by atoms with Crippen molar-refractivity contribution < 1.29 is 14.3 Å².